The van der Waals surface area contributed by atoms with Gasteiger partial charge in [0.2, 0.25) is 10.1 Å². The maximum Gasteiger partial charge on any atom is 0.214 e. The Bertz CT molecular complexity index is 842. The summed E-state index contributed by atoms with van der Waals surface area (Å²) in [5, 5.41) is 9.13. The minimum Gasteiger partial charge on any atom is -0.372 e. The number of anilines is 1. The highest BCUT2D eigenvalue weighted by atomic mass is 32.1. The molecule has 0 spiro atoms. The van der Waals surface area contributed by atoms with Gasteiger partial charge >= 0.3 is 0 Å². The lowest BCUT2D eigenvalue weighted by atomic mass is 9.93. The second-order valence-corrected chi connectivity index (χ2v) is 8.62. The van der Waals surface area contributed by atoms with E-state index in [9.17, 15) is 0 Å². The molecule has 1 N–H and O–H groups in total. The molecule has 4 rings (SSSR count). The molecule has 1 saturated heterocycles. The molecule has 8 heteroatoms. The number of fused-ring (bicyclic) bond motifs is 1. The van der Waals surface area contributed by atoms with Crippen molar-refractivity contribution in [2.24, 2.45) is 7.05 Å². The molecule has 0 aromatic carbocycles. The first-order chi connectivity index (χ1) is 11.9. The predicted octanol–water partition coefficient (Wildman–Crippen LogP) is 3.15. The lowest BCUT2D eigenvalue weighted by Crippen LogP contribution is -2.30. The first-order valence-corrected chi connectivity index (χ1v) is 9.43. The number of nitrogens with zero attached hydrogens (tertiary/aromatic N) is 5. The number of aromatic nitrogens is 5. The van der Waals surface area contributed by atoms with Gasteiger partial charge in [-0.05, 0) is 12.8 Å². The van der Waals surface area contributed by atoms with Crippen molar-refractivity contribution < 1.29 is 4.74 Å². The molecule has 2 atom stereocenters. The summed E-state index contributed by atoms with van der Waals surface area (Å²) in [4.78, 5) is 9.84. The zero-order valence-electron chi connectivity index (χ0n) is 15.1. The molecule has 0 aliphatic carbocycles. The van der Waals surface area contributed by atoms with E-state index in [2.05, 4.69) is 36.2 Å². The number of imidazole rings is 2. The molecule has 3 aromatic rings. The van der Waals surface area contributed by atoms with E-state index < -0.39 is 0 Å². The van der Waals surface area contributed by atoms with E-state index in [1.807, 2.05) is 34.9 Å². The molecule has 0 amide bonds. The van der Waals surface area contributed by atoms with Gasteiger partial charge in [-0.3, -0.25) is 0 Å². The molecule has 0 radical (unpaired) electrons. The highest BCUT2D eigenvalue weighted by Crippen LogP contribution is 2.31. The third-order valence-electron chi connectivity index (χ3n) is 4.61. The smallest absolute Gasteiger partial charge is 0.214 e. The van der Waals surface area contributed by atoms with Crippen molar-refractivity contribution in [3.8, 4) is 0 Å². The fourth-order valence-corrected chi connectivity index (χ4v) is 3.96. The molecule has 4 heterocycles. The minimum absolute atomic E-state index is 0.0397. The summed E-state index contributed by atoms with van der Waals surface area (Å²) in [7, 11) is 2.01. The van der Waals surface area contributed by atoms with Gasteiger partial charge in [0.15, 0.2) is 0 Å². The minimum atomic E-state index is 0.0397. The zero-order chi connectivity index (χ0) is 17.6. The Labute approximate surface area is 151 Å². The normalized spacial score (nSPS) is 21.8. The second kappa shape index (κ2) is 6.10. The lowest BCUT2D eigenvalue weighted by molar-refractivity contribution is 0.00558. The highest BCUT2D eigenvalue weighted by Gasteiger charge is 2.27. The zero-order valence-corrected chi connectivity index (χ0v) is 15.9. The summed E-state index contributed by atoms with van der Waals surface area (Å²) in [6, 6.07) is 0.339. The van der Waals surface area contributed by atoms with Gasteiger partial charge in [0, 0.05) is 25.1 Å². The number of rotatable bonds is 3. The monoisotopic (exact) mass is 360 g/mol. The SMILES string of the molecule is Cn1cncc1[C@@H]1C[C@@H](Nc2nn3cc(C(C)(C)C)nc3s2)CCO1. The van der Waals surface area contributed by atoms with Gasteiger partial charge < -0.3 is 14.6 Å². The largest absolute Gasteiger partial charge is 0.372 e. The van der Waals surface area contributed by atoms with Crippen LogP contribution in [0.15, 0.2) is 18.7 Å². The maximum atomic E-state index is 5.93. The van der Waals surface area contributed by atoms with Crippen molar-refractivity contribution in [1.82, 2.24) is 24.1 Å². The number of aryl methyl sites for hydroxylation is 1. The molecule has 7 nitrogen and oxygen atoms in total. The van der Waals surface area contributed by atoms with Gasteiger partial charge in [0.05, 0.1) is 30.1 Å². The quantitative estimate of drug-likeness (QED) is 0.777. The van der Waals surface area contributed by atoms with Gasteiger partial charge in [-0.15, -0.1) is 5.10 Å². The molecule has 134 valence electrons. The number of hydrogen-bond acceptors (Lipinski definition) is 6. The third-order valence-corrected chi connectivity index (χ3v) is 5.46. The summed E-state index contributed by atoms with van der Waals surface area (Å²) in [5.74, 6) is 0. The second-order valence-electron chi connectivity index (χ2n) is 7.66. The van der Waals surface area contributed by atoms with Gasteiger partial charge in [-0.1, -0.05) is 32.1 Å². The van der Waals surface area contributed by atoms with Crippen molar-refractivity contribution >= 4 is 21.4 Å². The van der Waals surface area contributed by atoms with E-state index in [4.69, 9.17) is 9.72 Å². The standard InChI is InChI=1S/C17H24N6OS/c1-17(2,3)14-9-23-16(20-14)25-15(21-23)19-11-5-6-24-13(7-11)12-8-18-10-22(12)4/h8-11,13H,5-7H2,1-4H3,(H,19,21)/t11-,13-/m0/s1. The van der Waals surface area contributed by atoms with E-state index in [-0.39, 0.29) is 11.5 Å². The number of ether oxygens (including phenoxy) is 1. The molecular formula is C17H24N6OS. The molecule has 0 saturated carbocycles. The Morgan fingerprint density at radius 2 is 2.20 bits per heavy atom. The Morgan fingerprint density at radius 3 is 2.88 bits per heavy atom. The van der Waals surface area contributed by atoms with E-state index in [1.54, 1.807) is 11.3 Å². The maximum absolute atomic E-state index is 5.93. The van der Waals surface area contributed by atoms with E-state index in [0.29, 0.717) is 6.04 Å². The Hall–Kier alpha value is -1.93. The first-order valence-electron chi connectivity index (χ1n) is 8.61. The van der Waals surface area contributed by atoms with Crippen molar-refractivity contribution in [2.45, 2.75) is 51.2 Å². The molecule has 0 bridgehead atoms. The summed E-state index contributed by atoms with van der Waals surface area (Å²) in [5.41, 5.74) is 2.23. The van der Waals surface area contributed by atoms with Crippen molar-refractivity contribution in [3.05, 3.63) is 30.1 Å². The first kappa shape index (κ1) is 16.5. The molecular weight excluding hydrogens is 336 g/mol. The van der Waals surface area contributed by atoms with Crippen LogP contribution in [-0.4, -0.2) is 36.8 Å². The fraction of sp³-hybridized carbons (Fsp3) is 0.588. The molecule has 1 aliphatic rings. The topological polar surface area (TPSA) is 69.3 Å². The van der Waals surface area contributed by atoms with Crippen LogP contribution in [0.1, 0.15) is 51.1 Å². The van der Waals surface area contributed by atoms with Crippen LogP contribution in [0.2, 0.25) is 0 Å². The Morgan fingerprint density at radius 1 is 1.36 bits per heavy atom. The summed E-state index contributed by atoms with van der Waals surface area (Å²) >= 11 is 1.60. The van der Waals surface area contributed by atoms with Crippen LogP contribution in [0, 0.1) is 0 Å². The van der Waals surface area contributed by atoms with Crippen LogP contribution in [0.3, 0.4) is 0 Å². The van der Waals surface area contributed by atoms with Gasteiger partial charge in [-0.2, -0.15) is 0 Å². The Balaban J connectivity index is 1.47. The lowest BCUT2D eigenvalue weighted by Gasteiger charge is -2.30. The average Bonchev–Trinajstić information content (AvgIpc) is 3.21. The van der Waals surface area contributed by atoms with Crippen LogP contribution in [0.4, 0.5) is 5.13 Å². The molecule has 25 heavy (non-hydrogen) atoms. The molecule has 1 aliphatic heterocycles. The van der Waals surface area contributed by atoms with E-state index in [0.717, 1.165) is 40.9 Å². The van der Waals surface area contributed by atoms with Gasteiger partial charge in [0.25, 0.3) is 0 Å². The van der Waals surface area contributed by atoms with Crippen LogP contribution in [0.5, 0.6) is 0 Å². The predicted molar refractivity (Wildman–Crippen MR) is 98.1 cm³/mol. The molecule has 0 unspecified atom stereocenters. The van der Waals surface area contributed by atoms with Crippen LogP contribution < -0.4 is 5.32 Å². The van der Waals surface area contributed by atoms with E-state index >= 15 is 0 Å². The van der Waals surface area contributed by atoms with Crippen LogP contribution >= 0.6 is 11.3 Å². The number of nitrogens with one attached hydrogen (secondary N) is 1. The van der Waals surface area contributed by atoms with Crippen molar-refractivity contribution in [3.63, 3.8) is 0 Å². The van der Waals surface area contributed by atoms with Crippen molar-refractivity contribution in [2.75, 3.05) is 11.9 Å². The summed E-state index contributed by atoms with van der Waals surface area (Å²) in [6.07, 6.45) is 7.70. The van der Waals surface area contributed by atoms with Crippen LogP contribution in [0.25, 0.3) is 4.96 Å². The van der Waals surface area contributed by atoms with Gasteiger partial charge in [-0.25, -0.2) is 14.5 Å². The third kappa shape index (κ3) is 3.28. The fourth-order valence-electron chi connectivity index (χ4n) is 3.11. The number of hydrogen-bond donors (Lipinski definition) is 1. The van der Waals surface area contributed by atoms with E-state index in [1.165, 1.54) is 0 Å². The summed E-state index contributed by atoms with van der Waals surface area (Å²) < 4.78 is 9.84. The highest BCUT2D eigenvalue weighted by molar-refractivity contribution is 7.20. The Kier molecular flexibility index (Phi) is 4.04. The molecule has 3 aromatic heterocycles. The average molecular weight is 360 g/mol. The van der Waals surface area contributed by atoms with Gasteiger partial charge in [0.1, 0.15) is 6.10 Å². The summed E-state index contributed by atoms with van der Waals surface area (Å²) in [6.45, 7) is 7.24. The van der Waals surface area contributed by atoms with Crippen LogP contribution in [-0.2, 0) is 17.2 Å². The van der Waals surface area contributed by atoms with Crippen molar-refractivity contribution in [1.29, 1.82) is 0 Å². The molecule has 1 fully saturated rings.